The van der Waals surface area contributed by atoms with Gasteiger partial charge in [-0.05, 0) is 44.0 Å². The molecule has 0 aliphatic carbocycles. The molecule has 0 aliphatic heterocycles. The van der Waals surface area contributed by atoms with Gasteiger partial charge in [-0.1, -0.05) is 30.3 Å². The SMILES string of the molecule is CC(C)Oc1cc(C(=O)NCCc2ccccc2)cc2occc12. The molecule has 0 radical (unpaired) electrons. The van der Waals surface area contributed by atoms with Crippen molar-refractivity contribution in [1.29, 1.82) is 0 Å². The summed E-state index contributed by atoms with van der Waals surface area (Å²) in [7, 11) is 0. The maximum absolute atomic E-state index is 12.4. The lowest BCUT2D eigenvalue weighted by atomic mass is 10.1. The van der Waals surface area contributed by atoms with Crippen LogP contribution in [-0.4, -0.2) is 18.6 Å². The van der Waals surface area contributed by atoms with Crippen molar-refractivity contribution in [3.8, 4) is 5.75 Å². The van der Waals surface area contributed by atoms with E-state index in [-0.39, 0.29) is 12.0 Å². The van der Waals surface area contributed by atoms with Gasteiger partial charge in [0.15, 0.2) is 0 Å². The van der Waals surface area contributed by atoms with Gasteiger partial charge in [-0.25, -0.2) is 0 Å². The molecule has 1 heterocycles. The summed E-state index contributed by atoms with van der Waals surface area (Å²) in [5.41, 5.74) is 2.39. The van der Waals surface area contributed by atoms with Gasteiger partial charge in [0.05, 0.1) is 17.8 Å². The largest absolute Gasteiger partial charge is 0.490 e. The van der Waals surface area contributed by atoms with Crippen LogP contribution in [0, 0.1) is 0 Å². The molecule has 4 nitrogen and oxygen atoms in total. The number of carbonyl (C=O) groups excluding carboxylic acids is 1. The Hall–Kier alpha value is -2.75. The minimum Gasteiger partial charge on any atom is -0.490 e. The van der Waals surface area contributed by atoms with E-state index in [1.54, 1.807) is 18.4 Å². The molecule has 24 heavy (non-hydrogen) atoms. The molecular weight excluding hydrogens is 302 g/mol. The van der Waals surface area contributed by atoms with Crippen molar-refractivity contribution in [2.24, 2.45) is 0 Å². The zero-order valence-corrected chi connectivity index (χ0v) is 13.9. The zero-order chi connectivity index (χ0) is 16.9. The Morgan fingerprint density at radius 1 is 1.17 bits per heavy atom. The molecule has 0 aliphatic rings. The molecule has 0 spiro atoms. The van der Waals surface area contributed by atoms with Gasteiger partial charge in [-0.15, -0.1) is 0 Å². The molecule has 4 heteroatoms. The number of rotatable bonds is 6. The zero-order valence-electron chi connectivity index (χ0n) is 13.9. The van der Waals surface area contributed by atoms with Gasteiger partial charge in [0.25, 0.3) is 5.91 Å². The molecular formula is C20H21NO3. The van der Waals surface area contributed by atoms with Gasteiger partial charge in [-0.3, -0.25) is 4.79 Å². The number of nitrogens with one attached hydrogen (secondary N) is 1. The maximum Gasteiger partial charge on any atom is 0.251 e. The summed E-state index contributed by atoms with van der Waals surface area (Å²) in [5.74, 6) is 0.544. The van der Waals surface area contributed by atoms with Gasteiger partial charge >= 0.3 is 0 Å². The highest BCUT2D eigenvalue weighted by Gasteiger charge is 2.13. The van der Waals surface area contributed by atoms with E-state index in [9.17, 15) is 4.79 Å². The van der Waals surface area contributed by atoms with Crippen LogP contribution in [0.15, 0.2) is 59.2 Å². The van der Waals surface area contributed by atoms with E-state index >= 15 is 0 Å². The van der Waals surface area contributed by atoms with Crippen molar-refractivity contribution in [1.82, 2.24) is 5.32 Å². The van der Waals surface area contributed by atoms with Crippen LogP contribution in [0.2, 0.25) is 0 Å². The molecule has 0 saturated carbocycles. The number of ether oxygens (including phenoxy) is 1. The summed E-state index contributed by atoms with van der Waals surface area (Å²) in [6, 6.07) is 15.5. The van der Waals surface area contributed by atoms with E-state index < -0.39 is 0 Å². The molecule has 2 aromatic carbocycles. The van der Waals surface area contributed by atoms with Crippen LogP contribution in [0.5, 0.6) is 5.75 Å². The van der Waals surface area contributed by atoms with Crippen molar-refractivity contribution in [3.63, 3.8) is 0 Å². The number of benzene rings is 2. The fourth-order valence-electron chi connectivity index (χ4n) is 2.59. The molecule has 124 valence electrons. The number of amides is 1. The van der Waals surface area contributed by atoms with Gasteiger partial charge in [0.1, 0.15) is 11.3 Å². The van der Waals surface area contributed by atoms with Gasteiger partial charge < -0.3 is 14.5 Å². The predicted molar refractivity (Wildman–Crippen MR) is 94.5 cm³/mol. The Balaban J connectivity index is 1.72. The standard InChI is InChI=1S/C20H21NO3/c1-14(2)24-19-13-16(12-18-17(19)9-11-23-18)20(22)21-10-8-15-6-4-3-5-7-15/h3-7,9,11-14H,8,10H2,1-2H3,(H,21,22). The minimum atomic E-state index is -0.127. The molecule has 1 N–H and O–H groups in total. The third-order valence-electron chi connectivity index (χ3n) is 3.70. The van der Waals surface area contributed by atoms with Crippen LogP contribution in [0.4, 0.5) is 0 Å². The Kier molecular flexibility index (Phi) is 4.85. The summed E-state index contributed by atoms with van der Waals surface area (Å²) < 4.78 is 11.3. The summed E-state index contributed by atoms with van der Waals surface area (Å²) >= 11 is 0. The molecule has 0 unspecified atom stereocenters. The predicted octanol–water partition coefficient (Wildman–Crippen LogP) is 4.19. The van der Waals surface area contributed by atoms with E-state index in [4.69, 9.17) is 9.15 Å². The molecule has 1 amide bonds. The highest BCUT2D eigenvalue weighted by Crippen LogP contribution is 2.29. The first-order valence-corrected chi connectivity index (χ1v) is 8.13. The second kappa shape index (κ2) is 7.21. The average Bonchev–Trinajstić information content (AvgIpc) is 3.04. The van der Waals surface area contributed by atoms with Gasteiger partial charge in [-0.2, -0.15) is 0 Å². The van der Waals surface area contributed by atoms with Crippen LogP contribution < -0.4 is 10.1 Å². The Morgan fingerprint density at radius 2 is 1.96 bits per heavy atom. The van der Waals surface area contributed by atoms with E-state index in [1.165, 1.54) is 5.56 Å². The molecule has 0 bridgehead atoms. The molecule has 3 rings (SSSR count). The van der Waals surface area contributed by atoms with Crippen LogP contribution in [0.3, 0.4) is 0 Å². The van der Waals surface area contributed by atoms with E-state index in [0.717, 1.165) is 11.8 Å². The highest BCUT2D eigenvalue weighted by molar-refractivity contribution is 5.99. The van der Waals surface area contributed by atoms with E-state index in [2.05, 4.69) is 17.4 Å². The molecule has 0 saturated heterocycles. The number of fused-ring (bicyclic) bond motifs is 1. The Morgan fingerprint density at radius 3 is 2.71 bits per heavy atom. The number of hydrogen-bond acceptors (Lipinski definition) is 3. The fourth-order valence-corrected chi connectivity index (χ4v) is 2.59. The smallest absolute Gasteiger partial charge is 0.251 e. The van der Waals surface area contributed by atoms with Crippen molar-refractivity contribution in [2.45, 2.75) is 26.4 Å². The average molecular weight is 323 g/mol. The van der Waals surface area contributed by atoms with Crippen molar-refractivity contribution in [2.75, 3.05) is 6.54 Å². The second-order valence-corrected chi connectivity index (χ2v) is 5.96. The highest BCUT2D eigenvalue weighted by atomic mass is 16.5. The van der Waals surface area contributed by atoms with Crippen LogP contribution in [-0.2, 0) is 6.42 Å². The van der Waals surface area contributed by atoms with Crippen LogP contribution in [0.1, 0.15) is 29.8 Å². The third kappa shape index (κ3) is 3.77. The first-order valence-electron chi connectivity index (χ1n) is 8.13. The first-order chi connectivity index (χ1) is 11.6. The monoisotopic (exact) mass is 323 g/mol. The molecule has 0 fully saturated rings. The third-order valence-corrected chi connectivity index (χ3v) is 3.70. The summed E-state index contributed by atoms with van der Waals surface area (Å²) in [6.07, 6.45) is 2.43. The lowest BCUT2D eigenvalue weighted by Crippen LogP contribution is -2.25. The van der Waals surface area contributed by atoms with Crippen LogP contribution >= 0.6 is 0 Å². The molecule has 0 atom stereocenters. The molecule has 1 aromatic heterocycles. The van der Waals surface area contributed by atoms with Crippen molar-refractivity contribution < 1.29 is 13.9 Å². The normalized spacial score (nSPS) is 11.0. The van der Waals surface area contributed by atoms with Gasteiger partial charge in [0.2, 0.25) is 0 Å². The van der Waals surface area contributed by atoms with Gasteiger partial charge in [0, 0.05) is 12.1 Å². The summed E-state index contributed by atoms with van der Waals surface area (Å²) in [6.45, 7) is 4.50. The Bertz CT molecular complexity index is 821. The lowest BCUT2D eigenvalue weighted by molar-refractivity contribution is 0.0953. The number of furan rings is 1. The van der Waals surface area contributed by atoms with E-state index in [1.807, 2.05) is 38.1 Å². The number of carbonyl (C=O) groups is 1. The number of hydrogen-bond donors (Lipinski definition) is 1. The quantitative estimate of drug-likeness (QED) is 0.740. The first kappa shape index (κ1) is 16.1. The van der Waals surface area contributed by atoms with E-state index in [0.29, 0.717) is 23.4 Å². The summed E-state index contributed by atoms with van der Waals surface area (Å²) in [5, 5.41) is 3.83. The lowest BCUT2D eigenvalue weighted by Gasteiger charge is -2.12. The summed E-state index contributed by atoms with van der Waals surface area (Å²) in [4.78, 5) is 12.4. The van der Waals surface area contributed by atoms with Crippen molar-refractivity contribution >= 4 is 16.9 Å². The Labute approximate surface area is 141 Å². The topological polar surface area (TPSA) is 51.5 Å². The molecule has 3 aromatic rings. The van der Waals surface area contributed by atoms with Crippen molar-refractivity contribution in [3.05, 3.63) is 65.9 Å². The minimum absolute atomic E-state index is 0.0273. The maximum atomic E-state index is 12.4. The fraction of sp³-hybridized carbons (Fsp3) is 0.250. The van der Waals surface area contributed by atoms with Crippen LogP contribution in [0.25, 0.3) is 11.0 Å². The second-order valence-electron chi connectivity index (χ2n) is 5.96.